The van der Waals surface area contributed by atoms with Crippen LogP contribution in [0.1, 0.15) is 110 Å². The lowest BCUT2D eigenvalue weighted by Crippen LogP contribution is -2.51. The quantitative estimate of drug-likeness (QED) is 0.0371. The molecule has 0 aliphatic heterocycles. The number of para-hydroxylation sites is 1. The van der Waals surface area contributed by atoms with Crippen molar-refractivity contribution in [2.24, 2.45) is 5.92 Å². The summed E-state index contributed by atoms with van der Waals surface area (Å²) in [5, 5.41) is 11.3. The Labute approximate surface area is 319 Å². The monoisotopic (exact) mass is 779 g/mol. The van der Waals surface area contributed by atoms with Gasteiger partial charge in [0.25, 0.3) is 0 Å². The minimum atomic E-state index is -4.70. The summed E-state index contributed by atoms with van der Waals surface area (Å²) in [4.78, 5) is 75.6. The summed E-state index contributed by atoms with van der Waals surface area (Å²) in [5.74, 6) is -2.53. The number of fused-ring (bicyclic) bond motifs is 1. The predicted molar refractivity (Wildman–Crippen MR) is 206 cm³/mol. The highest BCUT2D eigenvalue weighted by Crippen LogP contribution is 2.42. The number of hydrogen-bond donors (Lipinski definition) is 6. The van der Waals surface area contributed by atoms with Crippen LogP contribution in [0.5, 0.6) is 0 Å². The number of amides is 4. The number of carbonyl (C=O) groups is 5. The molecule has 0 saturated carbocycles. The number of carbonyl (C=O) groups excluding carboxylic acids is 5. The van der Waals surface area contributed by atoms with Gasteiger partial charge in [-0.2, -0.15) is 0 Å². The van der Waals surface area contributed by atoms with Gasteiger partial charge >= 0.3 is 13.8 Å². The van der Waals surface area contributed by atoms with E-state index in [2.05, 4.69) is 33.2 Å². The van der Waals surface area contributed by atoms with Gasteiger partial charge in [0.1, 0.15) is 12.1 Å². The molecular weight excluding hydrogens is 717 g/mol. The highest BCUT2D eigenvalue weighted by atomic mass is 31.2. The number of hydrogen-bond acceptors (Lipinski definition) is 9. The van der Waals surface area contributed by atoms with Crippen LogP contribution in [0.25, 0.3) is 10.9 Å². The second-order valence-corrected chi connectivity index (χ2v) is 15.0. The number of rotatable bonds is 29. The summed E-state index contributed by atoms with van der Waals surface area (Å²) in [7, 11) is -4.70. The Hall–Kier alpha value is -3.78. The molecule has 4 atom stereocenters. The van der Waals surface area contributed by atoms with E-state index in [0.29, 0.717) is 19.3 Å². The van der Waals surface area contributed by atoms with Gasteiger partial charge in [-0.15, -0.1) is 0 Å². The molecule has 0 bridgehead atoms. The molecule has 0 saturated heterocycles. The predicted octanol–water partition coefficient (Wildman–Crippen LogP) is 4.97. The maximum Gasteiger partial charge on any atom is 0.472 e. The first-order chi connectivity index (χ1) is 25.9. The van der Waals surface area contributed by atoms with Gasteiger partial charge in [-0.3, -0.25) is 33.0 Å². The molecule has 15 nitrogen and oxygen atoms in total. The third-order valence-corrected chi connectivity index (χ3v) is 9.94. The Balaban J connectivity index is 1.68. The van der Waals surface area contributed by atoms with Crippen molar-refractivity contribution in [2.75, 3.05) is 32.9 Å². The zero-order valence-corrected chi connectivity index (χ0v) is 33.3. The molecule has 54 heavy (non-hydrogen) atoms. The van der Waals surface area contributed by atoms with Crippen LogP contribution < -0.4 is 21.3 Å². The lowest BCUT2D eigenvalue weighted by Gasteiger charge is -2.24. The minimum Gasteiger partial charge on any atom is -0.466 e. The maximum atomic E-state index is 13.0. The molecule has 1 aromatic heterocycles. The number of phosphoric ester groups is 1. The van der Waals surface area contributed by atoms with Crippen molar-refractivity contribution in [2.45, 2.75) is 123 Å². The summed E-state index contributed by atoms with van der Waals surface area (Å²) in [5.41, 5.74) is 1.70. The molecule has 2 aromatic rings. The lowest BCUT2D eigenvalue weighted by molar-refractivity contribution is -0.143. The summed E-state index contributed by atoms with van der Waals surface area (Å²) in [6.07, 6.45) is 13.5. The van der Waals surface area contributed by atoms with Gasteiger partial charge in [-0.25, -0.2) is 4.57 Å². The van der Waals surface area contributed by atoms with Gasteiger partial charge in [-0.05, 0) is 30.4 Å². The lowest BCUT2D eigenvalue weighted by atomic mass is 9.98. The normalized spacial score (nSPS) is 14.0. The van der Waals surface area contributed by atoms with Crippen LogP contribution in [0.3, 0.4) is 0 Å². The zero-order valence-electron chi connectivity index (χ0n) is 32.4. The molecule has 304 valence electrons. The van der Waals surface area contributed by atoms with E-state index in [-0.39, 0.29) is 43.9 Å². The number of H-pyrrole nitrogens is 1. The molecule has 2 rings (SSSR count). The van der Waals surface area contributed by atoms with Gasteiger partial charge < -0.3 is 35.9 Å². The molecule has 0 fully saturated rings. The number of esters is 1. The largest absolute Gasteiger partial charge is 0.472 e. The van der Waals surface area contributed by atoms with Crippen LogP contribution in [0.2, 0.25) is 0 Å². The Bertz CT molecular complexity index is 1500. The van der Waals surface area contributed by atoms with Crippen LogP contribution in [0.15, 0.2) is 30.5 Å². The average Bonchev–Trinajstić information content (AvgIpc) is 3.54. The van der Waals surface area contributed by atoms with Gasteiger partial charge in [0.2, 0.25) is 23.6 Å². The van der Waals surface area contributed by atoms with Crippen molar-refractivity contribution in [3.63, 3.8) is 0 Å². The van der Waals surface area contributed by atoms with E-state index in [1.165, 1.54) is 45.4 Å². The van der Waals surface area contributed by atoms with Crippen molar-refractivity contribution in [1.29, 1.82) is 0 Å². The van der Waals surface area contributed by atoms with Gasteiger partial charge in [0.05, 0.1) is 26.2 Å². The first-order valence-electron chi connectivity index (χ1n) is 19.3. The molecule has 6 N–H and O–H groups in total. The Morgan fingerprint density at radius 2 is 1.50 bits per heavy atom. The van der Waals surface area contributed by atoms with E-state index in [9.17, 15) is 33.4 Å². The fraction of sp³-hybridized carbons (Fsp3) is 0.658. The minimum absolute atomic E-state index is 0.0742. The van der Waals surface area contributed by atoms with Crippen molar-refractivity contribution in [3.05, 3.63) is 36.0 Å². The molecule has 16 heteroatoms. The van der Waals surface area contributed by atoms with E-state index in [1.807, 2.05) is 38.1 Å². The molecule has 0 radical (unpaired) electrons. The third-order valence-electron chi connectivity index (χ3n) is 8.96. The van der Waals surface area contributed by atoms with E-state index < -0.39 is 50.8 Å². The van der Waals surface area contributed by atoms with E-state index >= 15 is 0 Å². The number of unbranched alkanes of at least 4 members (excludes halogenated alkanes) is 8. The Kier molecular flexibility index (Phi) is 22.4. The van der Waals surface area contributed by atoms with Gasteiger partial charge in [-0.1, -0.05) is 96.8 Å². The summed E-state index contributed by atoms with van der Waals surface area (Å²) >= 11 is 0. The second kappa shape index (κ2) is 26.1. The van der Waals surface area contributed by atoms with Crippen molar-refractivity contribution in [1.82, 2.24) is 26.3 Å². The molecule has 0 aliphatic carbocycles. The molecule has 0 aliphatic rings. The third kappa shape index (κ3) is 19.0. The fourth-order valence-electron chi connectivity index (χ4n) is 5.70. The van der Waals surface area contributed by atoms with E-state index in [4.69, 9.17) is 13.8 Å². The number of aromatic amines is 1. The van der Waals surface area contributed by atoms with Crippen LogP contribution in [0.4, 0.5) is 0 Å². The SMILES string of the molecule is CCCCCCCCCCCC(=O)OCCCNC(=O)[C@H](COP(=O)(O)OCCNC(=O)[C@@H](NC(=O)Cc1c[nH]c2ccccc12)[C@@H](C)CC)NC(C)=O. The van der Waals surface area contributed by atoms with Crippen molar-refractivity contribution in [3.8, 4) is 0 Å². The van der Waals surface area contributed by atoms with Crippen LogP contribution in [-0.4, -0.2) is 84.5 Å². The summed E-state index contributed by atoms with van der Waals surface area (Å²) < 4.78 is 27.7. The molecule has 1 unspecified atom stereocenters. The maximum absolute atomic E-state index is 13.0. The Morgan fingerprint density at radius 3 is 2.19 bits per heavy atom. The highest BCUT2D eigenvalue weighted by molar-refractivity contribution is 7.47. The standard InChI is InChI=1S/C38H62N5O10P/c1-5-7-8-9-10-11-12-13-14-20-35(46)51-23-17-21-39-37(47)33(42-29(4)44)27-53-54(49,50)52-24-22-40-38(48)36(28(3)6-2)43-34(45)25-30-26-41-32-19-16-15-18-31(30)32/h15-16,18-19,26,28,33,36,41H,5-14,17,20-25,27H2,1-4H3,(H,39,47)(H,40,48)(H,42,44)(H,43,45)(H,49,50)/t28-,33-,36-/m0/s1. The summed E-state index contributed by atoms with van der Waals surface area (Å²) in [6, 6.07) is 5.45. The zero-order chi connectivity index (χ0) is 39.8. The fourth-order valence-corrected chi connectivity index (χ4v) is 6.44. The molecule has 0 spiro atoms. The number of nitrogens with one attached hydrogen (secondary N) is 5. The number of ether oxygens (including phenoxy) is 1. The van der Waals surface area contributed by atoms with Gasteiger partial charge in [0.15, 0.2) is 0 Å². The first-order valence-corrected chi connectivity index (χ1v) is 20.8. The van der Waals surface area contributed by atoms with Crippen LogP contribution >= 0.6 is 7.82 Å². The number of benzene rings is 1. The van der Waals surface area contributed by atoms with Crippen LogP contribution in [0, 0.1) is 5.92 Å². The molecule has 4 amide bonds. The van der Waals surface area contributed by atoms with Crippen molar-refractivity contribution < 1.29 is 47.2 Å². The van der Waals surface area contributed by atoms with Gasteiger partial charge in [0, 0.05) is 43.5 Å². The smallest absolute Gasteiger partial charge is 0.466 e. The number of aromatic nitrogens is 1. The highest BCUT2D eigenvalue weighted by Gasteiger charge is 2.29. The summed E-state index contributed by atoms with van der Waals surface area (Å²) in [6.45, 7) is 6.11. The molecule has 1 aromatic carbocycles. The number of phosphoric acid groups is 1. The van der Waals surface area contributed by atoms with E-state index in [1.54, 1.807) is 6.20 Å². The average molecular weight is 780 g/mol. The first kappa shape index (κ1) is 46.4. The molecule has 1 heterocycles. The van der Waals surface area contributed by atoms with Crippen molar-refractivity contribution >= 4 is 48.3 Å². The second-order valence-electron chi connectivity index (χ2n) is 13.6. The molecular formula is C38H62N5O10P. The van der Waals surface area contributed by atoms with E-state index in [0.717, 1.165) is 35.7 Å². The Morgan fingerprint density at radius 1 is 0.833 bits per heavy atom. The van der Waals surface area contributed by atoms with Crippen LogP contribution in [-0.2, 0) is 48.7 Å². The topological polar surface area (TPSA) is 214 Å².